The summed E-state index contributed by atoms with van der Waals surface area (Å²) in [6.07, 6.45) is 3.79. The number of primary amides is 1. The molecule has 0 aromatic heterocycles. The summed E-state index contributed by atoms with van der Waals surface area (Å²) in [6.45, 7) is 5.72. The molecule has 0 bridgehead atoms. The zero-order valence-electron chi connectivity index (χ0n) is 12.7. The van der Waals surface area contributed by atoms with Crippen molar-refractivity contribution in [1.82, 2.24) is 10.2 Å². The highest BCUT2D eigenvalue weighted by atomic mass is 16.5. The zero-order valence-corrected chi connectivity index (χ0v) is 12.7. The lowest BCUT2D eigenvalue weighted by Crippen LogP contribution is -2.62. The fraction of sp³-hybridized carbons (Fsp3) is 0.929. The van der Waals surface area contributed by atoms with Crippen molar-refractivity contribution < 1.29 is 9.53 Å². The summed E-state index contributed by atoms with van der Waals surface area (Å²) in [5.74, 6) is -0.217. The molecule has 1 aliphatic carbocycles. The van der Waals surface area contributed by atoms with Crippen LogP contribution in [0.25, 0.3) is 0 Å². The number of rotatable bonds is 7. The molecule has 1 aliphatic rings. The number of nitrogens with two attached hydrogens (primary N) is 1. The highest BCUT2D eigenvalue weighted by Crippen LogP contribution is 2.31. The fourth-order valence-corrected chi connectivity index (χ4v) is 3.02. The molecule has 0 aromatic rings. The van der Waals surface area contributed by atoms with Gasteiger partial charge in [0.05, 0.1) is 12.1 Å². The lowest BCUT2D eigenvalue weighted by molar-refractivity contribution is -0.127. The molecular weight excluding hydrogens is 242 g/mol. The summed E-state index contributed by atoms with van der Waals surface area (Å²) < 4.78 is 5.12. The van der Waals surface area contributed by atoms with E-state index in [1.165, 1.54) is 0 Å². The highest BCUT2D eigenvalue weighted by Gasteiger charge is 2.42. The quantitative estimate of drug-likeness (QED) is 0.716. The van der Waals surface area contributed by atoms with Crippen LogP contribution < -0.4 is 11.1 Å². The summed E-state index contributed by atoms with van der Waals surface area (Å²) in [7, 11) is 3.80. The van der Waals surface area contributed by atoms with Crippen LogP contribution in [0.3, 0.4) is 0 Å². The van der Waals surface area contributed by atoms with Crippen molar-refractivity contribution in [3.63, 3.8) is 0 Å². The number of nitrogens with one attached hydrogen (secondary N) is 1. The second kappa shape index (κ2) is 7.22. The standard InChI is InChI=1S/C14H29N3O2/c1-11(2)16-14(13(15)18)7-5-6-12(10-14)17(3)8-9-19-4/h11-12,16H,5-10H2,1-4H3,(H2,15,18). The average Bonchev–Trinajstić information content (AvgIpc) is 2.35. The molecule has 2 unspecified atom stereocenters. The molecule has 1 saturated carbocycles. The number of carbonyl (C=O) groups is 1. The Balaban J connectivity index is 2.71. The second-order valence-corrected chi connectivity index (χ2v) is 5.97. The Bertz CT molecular complexity index is 296. The molecule has 1 fully saturated rings. The van der Waals surface area contributed by atoms with E-state index in [1.54, 1.807) is 7.11 Å². The van der Waals surface area contributed by atoms with Gasteiger partial charge in [0.2, 0.25) is 5.91 Å². The average molecular weight is 271 g/mol. The highest BCUT2D eigenvalue weighted by molar-refractivity contribution is 5.85. The van der Waals surface area contributed by atoms with Gasteiger partial charge in [0.25, 0.3) is 0 Å². The minimum atomic E-state index is -0.543. The number of ether oxygens (including phenoxy) is 1. The Morgan fingerprint density at radius 3 is 2.79 bits per heavy atom. The lowest BCUT2D eigenvalue weighted by atomic mass is 9.77. The molecule has 2 atom stereocenters. The first-order chi connectivity index (χ1) is 8.91. The summed E-state index contributed by atoms with van der Waals surface area (Å²) in [5, 5.41) is 3.40. The van der Waals surface area contributed by atoms with E-state index >= 15 is 0 Å². The van der Waals surface area contributed by atoms with Crippen molar-refractivity contribution in [3.8, 4) is 0 Å². The van der Waals surface area contributed by atoms with Gasteiger partial charge in [0.15, 0.2) is 0 Å². The van der Waals surface area contributed by atoms with Gasteiger partial charge in [-0.2, -0.15) is 0 Å². The molecule has 0 aromatic carbocycles. The Kier molecular flexibility index (Phi) is 6.23. The molecule has 0 spiro atoms. The molecule has 5 heteroatoms. The van der Waals surface area contributed by atoms with Crippen LogP contribution in [-0.4, -0.2) is 55.7 Å². The number of amides is 1. The molecule has 5 nitrogen and oxygen atoms in total. The van der Waals surface area contributed by atoms with Gasteiger partial charge in [0, 0.05) is 25.7 Å². The number of nitrogens with zero attached hydrogens (tertiary/aromatic N) is 1. The molecule has 1 rings (SSSR count). The van der Waals surface area contributed by atoms with Crippen LogP contribution in [0.4, 0.5) is 0 Å². The monoisotopic (exact) mass is 271 g/mol. The summed E-state index contributed by atoms with van der Waals surface area (Å²) >= 11 is 0. The van der Waals surface area contributed by atoms with E-state index in [1.807, 2.05) is 0 Å². The normalized spacial score (nSPS) is 28.0. The van der Waals surface area contributed by atoms with Crippen molar-refractivity contribution >= 4 is 5.91 Å². The minimum Gasteiger partial charge on any atom is -0.383 e. The van der Waals surface area contributed by atoms with Gasteiger partial charge >= 0.3 is 0 Å². The van der Waals surface area contributed by atoms with E-state index in [4.69, 9.17) is 10.5 Å². The largest absolute Gasteiger partial charge is 0.383 e. The number of methoxy groups -OCH3 is 1. The summed E-state index contributed by atoms with van der Waals surface area (Å²) in [6, 6.07) is 0.651. The van der Waals surface area contributed by atoms with Gasteiger partial charge in [-0.3, -0.25) is 4.79 Å². The van der Waals surface area contributed by atoms with Gasteiger partial charge in [-0.05, 0) is 46.6 Å². The van der Waals surface area contributed by atoms with Gasteiger partial charge in [-0.15, -0.1) is 0 Å². The van der Waals surface area contributed by atoms with Crippen LogP contribution in [0.15, 0.2) is 0 Å². The zero-order chi connectivity index (χ0) is 14.5. The topological polar surface area (TPSA) is 67.6 Å². The third-order valence-electron chi connectivity index (χ3n) is 4.03. The van der Waals surface area contributed by atoms with Gasteiger partial charge in [-0.1, -0.05) is 0 Å². The van der Waals surface area contributed by atoms with Crippen LogP contribution >= 0.6 is 0 Å². The van der Waals surface area contributed by atoms with E-state index in [9.17, 15) is 4.79 Å². The van der Waals surface area contributed by atoms with Crippen molar-refractivity contribution in [2.75, 3.05) is 27.3 Å². The van der Waals surface area contributed by atoms with Crippen LogP contribution in [0.1, 0.15) is 39.5 Å². The maximum absolute atomic E-state index is 11.9. The first-order valence-electron chi connectivity index (χ1n) is 7.18. The summed E-state index contributed by atoms with van der Waals surface area (Å²) in [4.78, 5) is 14.2. The predicted octanol–water partition coefficient (Wildman–Crippen LogP) is 0.729. The van der Waals surface area contributed by atoms with Gasteiger partial charge in [0.1, 0.15) is 0 Å². The van der Waals surface area contributed by atoms with Crippen LogP contribution in [-0.2, 0) is 9.53 Å². The molecule has 0 heterocycles. The fourth-order valence-electron chi connectivity index (χ4n) is 3.02. The minimum absolute atomic E-state index is 0.217. The molecule has 112 valence electrons. The third-order valence-corrected chi connectivity index (χ3v) is 4.03. The first kappa shape index (κ1) is 16.4. The van der Waals surface area contributed by atoms with Crippen molar-refractivity contribution in [2.45, 2.75) is 57.2 Å². The number of hydrogen-bond donors (Lipinski definition) is 2. The second-order valence-electron chi connectivity index (χ2n) is 5.97. The molecule has 3 N–H and O–H groups in total. The maximum Gasteiger partial charge on any atom is 0.237 e. The number of carbonyl (C=O) groups excluding carboxylic acids is 1. The maximum atomic E-state index is 11.9. The Hall–Kier alpha value is -0.650. The number of hydrogen-bond acceptors (Lipinski definition) is 4. The smallest absolute Gasteiger partial charge is 0.237 e. The Labute approximate surface area is 116 Å². The third kappa shape index (κ3) is 4.44. The van der Waals surface area contributed by atoms with Crippen LogP contribution in [0, 0.1) is 0 Å². The van der Waals surface area contributed by atoms with Crippen molar-refractivity contribution in [2.24, 2.45) is 5.73 Å². The predicted molar refractivity (Wildman–Crippen MR) is 77.0 cm³/mol. The van der Waals surface area contributed by atoms with Crippen molar-refractivity contribution in [1.29, 1.82) is 0 Å². The molecule has 0 aliphatic heterocycles. The van der Waals surface area contributed by atoms with E-state index in [0.29, 0.717) is 12.6 Å². The molecular formula is C14H29N3O2. The molecule has 0 saturated heterocycles. The lowest BCUT2D eigenvalue weighted by Gasteiger charge is -2.43. The van der Waals surface area contributed by atoms with E-state index in [-0.39, 0.29) is 11.9 Å². The molecule has 19 heavy (non-hydrogen) atoms. The molecule has 0 radical (unpaired) electrons. The Morgan fingerprint density at radius 2 is 2.26 bits per heavy atom. The van der Waals surface area contributed by atoms with Crippen LogP contribution in [0.5, 0.6) is 0 Å². The first-order valence-corrected chi connectivity index (χ1v) is 7.18. The van der Waals surface area contributed by atoms with Gasteiger partial charge in [-0.25, -0.2) is 0 Å². The Morgan fingerprint density at radius 1 is 1.58 bits per heavy atom. The van der Waals surface area contributed by atoms with Crippen LogP contribution in [0.2, 0.25) is 0 Å². The SMILES string of the molecule is COCCN(C)C1CCCC(NC(C)C)(C(N)=O)C1. The van der Waals surface area contributed by atoms with E-state index in [2.05, 4.69) is 31.1 Å². The van der Waals surface area contributed by atoms with E-state index in [0.717, 1.165) is 32.2 Å². The van der Waals surface area contributed by atoms with E-state index < -0.39 is 5.54 Å². The van der Waals surface area contributed by atoms with Gasteiger partial charge < -0.3 is 20.7 Å². The van der Waals surface area contributed by atoms with Crippen molar-refractivity contribution in [3.05, 3.63) is 0 Å². The summed E-state index contributed by atoms with van der Waals surface area (Å²) in [5.41, 5.74) is 5.13. The molecule has 1 amide bonds. The number of likely N-dealkylation sites (N-methyl/N-ethyl adjacent to an activating group) is 1.